The van der Waals surface area contributed by atoms with E-state index in [2.05, 4.69) is 37.3 Å². The summed E-state index contributed by atoms with van der Waals surface area (Å²) < 4.78 is 0. The lowest BCUT2D eigenvalue weighted by Gasteiger charge is -2.25. The number of nitrogens with two attached hydrogens (primary N) is 1. The van der Waals surface area contributed by atoms with E-state index >= 15 is 0 Å². The monoisotopic (exact) mass is 239 g/mol. The van der Waals surface area contributed by atoms with Crippen molar-refractivity contribution in [3.05, 3.63) is 41.5 Å². The Hall–Kier alpha value is -1.50. The highest BCUT2D eigenvalue weighted by molar-refractivity contribution is 5.92. The summed E-state index contributed by atoms with van der Waals surface area (Å²) in [6.45, 7) is 2.18. The van der Waals surface area contributed by atoms with Crippen LogP contribution in [0.3, 0.4) is 0 Å². The molecule has 0 aliphatic heterocycles. The van der Waals surface area contributed by atoms with E-state index in [1.165, 1.54) is 54.0 Å². The Morgan fingerprint density at radius 2 is 1.72 bits per heavy atom. The van der Waals surface area contributed by atoms with Crippen molar-refractivity contribution in [2.45, 2.75) is 44.9 Å². The second-order valence-electron chi connectivity index (χ2n) is 5.57. The first-order valence-electron chi connectivity index (χ1n) is 7.05. The molecule has 1 heteroatoms. The Morgan fingerprint density at radius 1 is 0.944 bits per heavy atom. The molecule has 18 heavy (non-hydrogen) atoms. The first-order chi connectivity index (χ1) is 8.77. The van der Waals surface area contributed by atoms with Gasteiger partial charge in [-0.15, -0.1) is 0 Å². The van der Waals surface area contributed by atoms with Gasteiger partial charge in [0, 0.05) is 5.69 Å². The predicted molar refractivity (Wildman–Crippen MR) is 78.9 cm³/mol. The number of nitrogen functional groups attached to an aromatic ring is 1. The van der Waals surface area contributed by atoms with Gasteiger partial charge >= 0.3 is 0 Å². The minimum atomic E-state index is 0.671. The van der Waals surface area contributed by atoms with Crippen molar-refractivity contribution in [1.82, 2.24) is 0 Å². The van der Waals surface area contributed by atoms with Crippen molar-refractivity contribution in [2.75, 3.05) is 5.73 Å². The lowest BCUT2D eigenvalue weighted by molar-refractivity contribution is 0.446. The van der Waals surface area contributed by atoms with Crippen molar-refractivity contribution in [2.24, 2.45) is 0 Å². The molecule has 3 rings (SSSR count). The molecule has 2 aromatic rings. The zero-order valence-corrected chi connectivity index (χ0v) is 11.1. The average molecular weight is 239 g/mol. The number of aryl methyl sites for hydroxylation is 1. The van der Waals surface area contributed by atoms with E-state index in [9.17, 15) is 0 Å². The first kappa shape index (κ1) is 11.6. The molecule has 0 amide bonds. The Kier molecular flexibility index (Phi) is 2.99. The second kappa shape index (κ2) is 4.64. The van der Waals surface area contributed by atoms with Crippen LogP contribution in [0, 0.1) is 6.92 Å². The Bertz CT molecular complexity index is 565. The number of hydrogen-bond acceptors (Lipinski definition) is 1. The van der Waals surface area contributed by atoms with Crippen molar-refractivity contribution >= 4 is 16.5 Å². The third kappa shape index (κ3) is 1.88. The van der Waals surface area contributed by atoms with E-state index in [1.807, 2.05) is 0 Å². The minimum Gasteiger partial charge on any atom is -0.398 e. The second-order valence-corrected chi connectivity index (χ2v) is 5.57. The highest BCUT2D eigenvalue weighted by atomic mass is 14.6. The number of fused-ring (bicyclic) bond motifs is 1. The van der Waals surface area contributed by atoms with Gasteiger partial charge in [-0.1, -0.05) is 43.5 Å². The summed E-state index contributed by atoms with van der Waals surface area (Å²) in [6, 6.07) is 10.8. The zero-order chi connectivity index (χ0) is 12.5. The normalized spacial score (nSPS) is 17.2. The quantitative estimate of drug-likeness (QED) is 0.712. The molecule has 0 unspecified atom stereocenters. The van der Waals surface area contributed by atoms with Crippen LogP contribution in [-0.4, -0.2) is 0 Å². The smallest absolute Gasteiger partial charge is 0.0355 e. The van der Waals surface area contributed by atoms with E-state index < -0.39 is 0 Å². The van der Waals surface area contributed by atoms with Crippen LogP contribution in [0.4, 0.5) is 5.69 Å². The van der Waals surface area contributed by atoms with Gasteiger partial charge in [-0.05, 0) is 53.6 Å². The summed E-state index contributed by atoms with van der Waals surface area (Å²) in [7, 11) is 0. The lowest BCUT2D eigenvalue weighted by atomic mass is 9.81. The fraction of sp³-hybridized carbons (Fsp3) is 0.412. The SMILES string of the molecule is Cc1cccc2c(C3CCCCC3)c(N)ccc12. The highest BCUT2D eigenvalue weighted by Crippen LogP contribution is 2.40. The van der Waals surface area contributed by atoms with Crippen LogP contribution in [0.5, 0.6) is 0 Å². The van der Waals surface area contributed by atoms with Crippen molar-refractivity contribution in [3.63, 3.8) is 0 Å². The Labute approximate surface area is 109 Å². The fourth-order valence-corrected chi connectivity index (χ4v) is 3.40. The lowest BCUT2D eigenvalue weighted by Crippen LogP contribution is -2.08. The largest absolute Gasteiger partial charge is 0.398 e. The van der Waals surface area contributed by atoms with Gasteiger partial charge in [-0.3, -0.25) is 0 Å². The molecule has 0 aromatic heterocycles. The van der Waals surface area contributed by atoms with Crippen LogP contribution in [0.2, 0.25) is 0 Å². The summed E-state index contributed by atoms with van der Waals surface area (Å²) in [5, 5.41) is 2.74. The van der Waals surface area contributed by atoms with Crippen molar-refractivity contribution in [1.29, 1.82) is 0 Å². The minimum absolute atomic E-state index is 0.671. The molecule has 2 N–H and O–H groups in total. The fourth-order valence-electron chi connectivity index (χ4n) is 3.40. The molecule has 0 radical (unpaired) electrons. The molecule has 1 fully saturated rings. The van der Waals surface area contributed by atoms with Gasteiger partial charge in [-0.25, -0.2) is 0 Å². The van der Waals surface area contributed by atoms with Gasteiger partial charge in [0.15, 0.2) is 0 Å². The van der Waals surface area contributed by atoms with Gasteiger partial charge in [0.2, 0.25) is 0 Å². The Morgan fingerprint density at radius 3 is 2.50 bits per heavy atom. The summed E-state index contributed by atoms with van der Waals surface area (Å²) in [6.07, 6.45) is 6.70. The molecule has 1 aliphatic carbocycles. The Balaban J connectivity index is 2.19. The molecule has 0 atom stereocenters. The molecule has 0 saturated heterocycles. The van der Waals surface area contributed by atoms with Gasteiger partial charge in [-0.2, -0.15) is 0 Å². The van der Waals surface area contributed by atoms with Crippen LogP contribution in [0.15, 0.2) is 30.3 Å². The molecule has 1 aliphatic rings. The van der Waals surface area contributed by atoms with Gasteiger partial charge in [0.25, 0.3) is 0 Å². The van der Waals surface area contributed by atoms with Crippen LogP contribution in [-0.2, 0) is 0 Å². The number of benzene rings is 2. The molecule has 0 heterocycles. The summed E-state index contributed by atoms with van der Waals surface area (Å²) in [5.74, 6) is 0.671. The molecule has 1 nitrogen and oxygen atoms in total. The molecular weight excluding hydrogens is 218 g/mol. The van der Waals surface area contributed by atoms with Crippen LogP contribution in [0.25, 0.3) is 10.8 Å². The molecule has 1 saturated carbocycles. The van der Waals surface area contributed by atoms with Crippen LogP contribution >= 0.6 is 0 Å². The first-order valence-corrected chi connectivity index (χ1v) is 7.05. The van der Waals surface area contributed by atoms with Gasteiger partial charge in [0.05, 0.1) is 0 Å². The van der Waals surface area contributed by atoms with Gasteiger partial charge in [0.1, 0.15) is 0 Å². The van der Waals surface area contributed by atoms with Crippen molar-refractivity contribution in [3.8, 4) is 0 Å². The molecule has 0 spiro atoms. The summed E-state index contributed by atoms with van der Waals surface area (Å²) in [4.78, 5) is 0. The number of anilines is 1. The third-order valence-corrected chi connectivity index (χ3v) is 4.37. The van der Waals surface area contributed by atoms with E-state index in [-0.39, 0.29) is 0 Å². The highest BCUT2D eigenvalue weighted by Gasteiger charge is 2.20. The van der Waals surface area contributed by atoms with Crippen LogP contribution in [0.1, 0.15) is 49.1 Å². The van der Waals surface area contributed by atoms with E-state index in [1.54, 1.807) is 0 Å². The number of hydrogen-bond donors (Lipinski definition) is 1. The summed E-state index contributed by atoms with van der Waals surface area (Å²) >= 11 is 0. The third-order valence-electron chi connectivity index (χ3n) is 4.37. The maximum atomic E-state index is 6.27. The molecule has 2 aromatic carbocycles. The maximum Gasteiger partial charge on any atom is 0.0355 e. The number of rotatable bonds is 1. The molecular formula is C17H21N. The van der Waals surface area contributed by atoms with Gasteiger partial charge < -0.3 is 5.73 Å². The average Bonchev–Trinajstić information content (AvgIpc) is 2.40. The van der Waals surface area contributed by atoms with Crippen molar-refractivity contribution < 1.29 is 0 Å². The topological polar surface area (TPSA) is 26.0 Å². The summed E-state index contributed by atoms with van der Waals surface area (Å²) in [5.41, 5.74) is 10.0. The standard InChI is InChI=1S/C17H21N/c1-12-6-5-9-15-14(12)10-11-16(18)17(15)13-7-3-2-4-8-13/h5-6,9-11,13H,2-4,7-8,18H2,1H3. The maximum absolute atomic E-state index is 6.27. The van der Waals surface area contributed by atoms with Crippen LogP contribution < -0.4 is 5.73 Å². The zero-order valence-electron chi connectivity index (χ0n) is 11.1. The molecule has 0 bridgehead atoms. The van der Waals surface area contributed by atoms with E-state index in [0.29, 0.717) is 5.92 Å². The van der Waals surface area contributed by atoms with E-state index in [4.69, 9.17) is 5.73 Å². The molecule has 94 valence electrons. The van der Waals surface area contributed by atoms with E-state index in [0.717, 1.165) is 5.69 Å². The predicted octanol–water partition coefficient (Wildman–Crippen LogP) is 4.78.